The van der Waals surface area contributed by atoms with E-state index in [9.17, 15) is 14.9 Å². The number of nitriles is 1. The number of anilines is 1. The number of rotatable bonds is 7. The van der Waals surface area contributed by atoms with Gasteiger partial charge in [0.15, 0.2) is 0 Å². The zero-order valence-electron chi connectivity index (χ0n) is 21.0. The number of benzene rings is 2. The largest absolute Gasteiger partial charge is 0.397 e. The van der Waals surface area contributed by atoms with Crippen molar-refractivity contribution >= 4 is 33.5 Å². The van der Waals surface area contributed by atoms with Gasteiger partial charge in [-0.15, -0.1) is 0 Å². The van der Waals surface area contributed by atoms with Crippen molar-refractivity contribution in [3.63, 3.8) is 0 Å². The minimum Gasteiger partial charge on any atom is -0.397 e. The Bertz CT molecular complexity index is 1540. The summed E-state index contributed by atoms with van der Waals surface area (Å²) < 4.78 is 0. The summed E-state index contributed by atoms with van der Waals surface area (Å²) in [4.78, 5) is 40.7. The van der Waals surface area contributed by atoms with Crippen LogP contribution in [0, 0.1) is 11.3 Å². The van der Waals surface area contributed by atoms with Crippen LogP contribution in [0.15, 0.2) is 47.3 Å². The molecule has 1 aliphatic rings. The summed E-state index contributed by atoms with van der Waals surface area (Å²) in [6.07, 6.45) is 4.20. The normalized spacial score (nSPS) is 15.2. The Kier molecular flexibility index (Phi) is 6.93. The lowest BCUT2D eigenvalue weighted by atomic mass is 10.1. The molecular formula is C28H31N7O2. The predicted octanol–water partition coefficient (Wildman–Crippen LogP) is 3.88. The van der Waals surface area contributed by atoms with Crippen LogP contribution in [0.5, 0.6) is 0 Å². The van der Waals surface area contributed by atoms with Gasteiger partial charge in [-0.1, -0.05) is 44.4 Å². The van der Waals surface area contributed by atoms with E-state index in [1.54, 1.807) is 24.3 Å². The van der Waals surface area contributed by atoms with Crippen LogP contribution in [0.2, 0.25) is 0 Å². The highest BCUT2D eigenvalue weighted by molar-refractivity contribution is 5.99. The summed E-state index contributed by atoms with van der Waals surface area (Å²) in [5.74, 6) is 0.309. The molecule has 9 nitrogen and oxygen atoms in total. The zero-order chi connectivity index (χ0) is 25.9. The Morgan fingerprint density at radius 1 is 1.11 bits per heavy atom. The van der Waals surface area contributed by atoms with E-state index < -0.39 is 0 Å². The van der Waals surface area contributed by atoms with Crippen molar-refractivity contribution in [3.8, 4) is 17.5 Å². The number of para-hydroxylation sites is 1. The van der Waals surface area contributed by atoms with E-state index in [2.05, 4.69) is 32.8 Å². The van der Waals surface area contributed by atoms with Gasteiger partial charge in [-0.3, -0.25) is 14.5 Å². The van der Waals surface area contributed by atoms with Crippen molar-refractivity contribution in [2.45, 2.75) is 38.6 Å². The highest BCUT2D eigenvalue weighted by atomic mass is 16.2. The second-order valence-electron chi connectivity index (χ2n) is 9.57. The lowest BCUT2D eigenvalue weighted by Gasteiger charge is -2.37. The van der Waals surface area contributed by atoms with Crippen LogP contribution >= 0.6 is 0 Å². The van der Waals surface area contributed by atoms with Gasteiger partial charge in [0.05, 0.1) is 34.3 Å². The van der Waals surface area contributed by atoms with Gasteiger partial charge >= 0.3 is 0 Å². The molecule has 1 fully saturated rings. The zero-order valence-corrected chi connectivity index (χ0v) is 21.0. The number of piperazine rings is 1. The average molecular weight is 498 g/mol. The maximum atomic E-state index is 13.3. The third-order valence-electron chi connectivity index (χ3n) is 7.20. The number of pyridine rings is 1. The second-order valence-corrected chi connectivity index (χ2v) is 9.57. The van der Waals surface area contributed by atoms with Gasteiger partial charge in [0.25, 0.3) is 11.5 Å². The van der Waals surface area contributed by atoms with E-state index in [0.717, 1.165) is 31.1 Å². The van der Waals surface area contributed by atoms with Crippen LogP contribution in [0.4, 0.5) is 5.69 Å². The molecule has 0 saturated carbocycles. The highest BCUT2D eigenvalue weighted by Gasteiger charge is 2.27. The third-order valence-corrected chi connectivity index (χ3v) is 7.20. The number of imidazole rings is 1. The molecule has 0 bridgehead atoms. The van der Waals surface area contributed by atoms with Gasteiger partial charge in [-0.05, 0) is 30.7 Å². The van der Waals surface area contributed by atoms with E-state index in [0.29, 0.717) is 59.8 Å². The lowest BCUT2D eigenvalue weighted by Crippen LogP contribution is -2.51. The van der Waals surface area contributed by atoms with Crippen molar-refractivity contribution in [2.75, 3.05) is 31.9 Å². The van der Waals surface area contributed by atoms with Gasteiger partial charge < -0.3 is 20.6 Å². The average Bonchev–Trinajstić information content (AvgIpc) is 3.34. The number of aromatic amines is 2. The van der Waals surface area contributed by atoms with Crippen molar-refractivity contribution in [2.24, 2.45) is 0 Å². The van der Waals surface area contributed by atoms with Crippen molar-refractivity contribution < 1.29 is 4.79 Å². The Labute approximate surface area is 214 Å². The molecule has 4 N–H and O–H groups in total. The number of fused-ring (bicyclic) bond motifs is 2. The molecule has 2 aromatic heterocycles. The van der Waals surface area contributed by atoms with Crippen LogP contribution in [-0.4, -0.2) is 62.9 Å². The molecule has 1 unspecified atom stereocenters. The van der Waals surface area contributed by atoms with E-state index in [1.165, 1.54) is 0 Å². The summed E-state index contributed by atoms with van der Waals surface area (Å²) >= 11 is 0. The summed E-state index contributed by atoms with van der Waals surface area (Å²) in [6.45, 7) is 4.71. The number of amides is 1. The van der Waals surface area contributed by atoms with Gasteiger partial charge in [0.1, 0.15) is 11.4 Å². The Morgan fingerprint density at radius 2 is 1.89 bits per heavy atom. The molecule has 3 heterocycles. The second kappa shape index (κ2) is 10.4. The van der Waals surface area contributed by atoms with E-state index in [1.807, 2.05) is 23.1 Å². The summed E-state index contributed by atoms with van der Waals surface area (Å²) in [6, 6.07) is 15.0. The summed E-state index contributed by atoms with van der Waals surface area (Å²) in [5.41, 5.74) is 9.20. The quantitative estimate of drug-likeness (QED) is 0.332. The Balaban J connectivity index is 1.33. The monoisotopic (exact) mass is 497 g/mol. The van der Waals surface area contributed by atoms with Gasteiger partial charge in [-0.2, -0.15) is 5.26 Å². The lowest BCUT2D eigenvalue weighted by molar-refractivity contribution is 0.0600. The Hall–Kier alpha value is -4.16. The fourth-order valence-corrected chi connectivity index (χ4v) is 5.10. The van der Waals surface area contributed by atoms with Crippen LogP contribution in [0.1, 0.15) is 43.0 Å². The minimum absolute atomic E-state index is 0.0553. The fourth-order valence-electron chi connectivity index (χ4n) is 5.10. The molecule has 0 radical (unpaired) electrons. The minimum atomic E-state index is -0.324. The molecule has 2 aromatic carbocycles. The first-order valence-electron chi connectivity index (χ1n) is 12.8. The number of hydrogen-bond donors (Lipinski definition) is 3. The Morgan fingerprint density at radius 3 is 2.65 bits per heavy atom. The van der Waals surface area contributed by atoms with Crippen molar-refractivity contribution in [1.29, 1.82) is 5.26 Å². The van der Waals surface area contributed by atoms with Crippen LogP contribution < -0.4 is 11.3 Å². The van der Waals surface area contributed by atoms with Crippen LogP contribution in [-0.2, 0) is 0 Å². The number of nitrogen functional groups attached to an aromatic ring is 1. The molecule has 4 aromatic rings. The molecule has 1 saturated heterocycles. The summed E-state index contributed by atoms with van der Waals surface area (Å²) in [5, 5.41) is 10.3. The van der Waals surface area contributed by atoms with Gasteiger partial charge in [0.2, 0.25) is 0 Å². The molecule has 1 amide bonds. The molecule has 190 valence electrons. The van der Waals surface area contributed by atoms with Crippen molar-refractivity contribution in [1.82, 2.24) is 24.8 Å². The molecule has 5 rings (SSSR count). The number of carbonyl (C=O) groups is 1. The third kappa shape index (κ3) is 4.80. The molecule has 1 atom stereocenters. The number of nitrogens with one attached hydrogen (secondary N) is 2. The summed E-state index contributed by atoms with van der Waals surface area (Å²) in [7, 11) is 0. The molecule has 0 spiro atoms. The topological polar surface area (TPSA) is 135 Å². The number of nitrogens with two attached hydrogens (primary N) is 1. The maximum absolute atomic E-state index is 13.3. The number of carbonyl (C=O) groups excluding carboxylic acids is 1. The standard InChI is InChI=1S/C28H31N7O2/c1-2-3-4-7-19(17-29)34-12-14-35(15-13-34)28(37)18-10-11-22-23(16-18)32-26(31-22)24-25(30)20-8-5-6-9-21(20)33-27(24)36/h5-6,8-11,16,19H,2-4,7,12-15H2,1H3,(H,31,32)(H3,30,33,36). The molecule has 9 heteroatoms. The smallest absolute Gasteiger partial charge is 0.261 e. The molecular weight excluding hydrogens is 466 g/mol. The first-order chi connectivity index (χ1) is 18.0. The maximum Gasteiger partial charge on any atom is 0.261 e. The number of hydrogen-bond acceptors (Lipinski definition) is 6. The fraction of sp³-hybridized carbons (Fsp3) is 0.357. The number of aromatic nitrogens is 3. The number of unbranched alkanes of at least 4 members (excludes halogenated alkanes) is 2. The van der Waals surface area contributed by atoms with Crippen LogP contribution in [0.25, 0.3) is 33.3 Å². The highest BCUT2D eigenvalue weighted by Crippen LogP contribution is 2.28. The first-order valence-corrected chi connectivity index (χ1v) is 12.8. The number of nitrogens with zero attached hydrogens (tertiary/aromatic N) is 4. The number of H-pyrrole nitrogens is 2. The van der Waals surface area contributed by atoms with Gasteiger partial charge in [0, 0.05) is 37.1 Å². The van der Waals surface area contributed by atoms with E-state index in [4.69, 9.17) is 5.73 Å². The van der Waals surface area contributed by atoms with Crippen molar-refractivity contribution in [3.05, 3.63) is 58.4 Å². The van der Waals surface area contributed by atoms with Crippen LogP contribution in [0.3, 0.4) is 0 Å². The predicted molar refractivity (Wildman–Crippen MR) is 145 cm³/mol. The SMILES string of the molecule is CCCCCC(C#N)N1CCN(C(=O)c2ccc3nc(-c4c(N)c5ccccc5[nH]c4=O)[nH]c3c2)CC1. The molecule has 37 heavy (non-hydrogen) atoms. The molecule has 1 aliphatic heterocycles. The van der Waals surface area contributed by atoms with E-state index >= 15 is 0 Å². The van der Waals surface area contributed by atoms with Gasteiger partial charge in [-0.25, -0.2) is 4.98 Å². The first kappa shape index (κ1) is 24.5. The van der Waals surface area contributed by atoms with E-state index in [-0.39, 0.29) is 23.1 Å². The molecule has 0 aliphatic carbocycles.